The predicted molar refractivity (Wildman–Crippen MR) is 85.2 cm³/mol. The van der Waals surface area contributed by atoms with Crippen LogP contribution in [0.15, 0.2) is 47.8 Å². The Morgan fingerprint density at radius 3 is 2.86 bits per heavy atom. The molecule has 0 aliphatic carbocycles. The highest BCUT2D eigenvalue weighted by atomic mass is 32.1. The first-order chi connectivity index (χ1) is 10.1. The number of rotatable bonds is 4. The molecule has 0 saturated heterocycles. The van der Waals surface area contributed by atoms with Crippen molar-refractivity contribution in [3.63, 3.8) is 0 Å². The number of ether oxygens (including phenoxy) is 1. The van der Waals surface area contributed by atoms with Gasteiger partial charge in [0.25, 0.3) is 0 Å². The molecule has 0 bridgehead atoms. The first kappa shape index (κ1) is 14.0. The predicted octanol–water partition coefficient (Wildman–Crippen LogP) is 4.64. The molecule has 2 N–H and O–H groups in total. The summed E-state index contributed by atoms with van der Waals surface area (Å²) in [6.07, 6.45) is 0. The average Bonchev–Trinajstić information content (AvgIpc) is 2.89. The zero-order valence-electron chi connectivity index (χ0n) is 11.7. The molecular formula is C17H16FNOS. The van der Waals surface area contributed by atoms with Gasteiger partial charge in [-0.05, 0) is 42.0 Å². The van der Waals surface area contributed by atoms with E-state index >= 15 is 0 Å². The van der Waals surface area contributed by atoms with Gasteiger partial charge in [-0.25, -0.2) is 4.39 Å². The SMILES string of the molecule is CC(N)c1cc(F)ccc1OCc1csc2ccccc12. The Hall–Kier alpha value is -1.91. The van der Waals surface area contributed by atoms with Crippen molar-refractivity contribution in [3.05, 3.63) is 64.8 Å². The summed E-state index contributed by atoms with van der Waals surface area (Å²) in [5.74, 6) is 0.345. The zero-order chi connectivity index (χ0) is 14.8. The smallest absolute Gasteiger partial charge is 0.124 e. The molecule has 2 nitrogen and oxygen atoms in total. The molecule has 0 aliphatic rings. The van der Waals surface area contributed by atoms with Crippen molar-refractivity contribution in [1.82, 2.24) is 0 Å². The summed E-state index contributed by atoms with van der Waals surface area (Å²) >= 11 is 1.70. The van der Waals surface area contributed by atoms with Gasteiger partial charge in [0.15, 0.2) is 0 Å². The Bertz CT molecular complexity index is 766. The Balaban J connectivity index is 1.85. The van der Waals surface area contributed by atoms with Gasteiger partial charge in [0.05, 0.1) is 0 Å². The second kappa shape index (κ2) is 5.84. The van der Waals surface area contributed by atoms with E-state index in [0.29, 0.717) is 17.9 Å². The largest absolute Gasteiger partial charge is 0.489 e. The van der Waals surface area contributed by atoms with Gasteiger partial charge in [-0.3, -0.25) is 0 Å². The van der Waals surface area contributed by atoms with E-state index in [9.17, 15) is 4.39 Å². The first-order valence-corrected chi connectivity index (χ1v) is 7.66. The molecule has 2 aromatic carbocycles. The van der Waals surface area contributed by atoms with Crippen LogP contribution in [0, 0.1) is 5.82 Å². The van der Waals surface area contributed by atoms with Gasteiger partial charge in [-0.15, -0.1) is 11.3 Å². The first-order valence-electron chi connectivity index (χ1n) is 6.78. The lowest BCUT2D eigenvalue weighted by Gasteiger charge is -2.14. The van der Waals surface area contributed by atoms with E-state index in [0.717, 1.165) is 5.56 Å². The van der Waals surface area contributed by atoms with Gasteiger partial charge in [-0.1, -0.05) is 18.2 Å². The summed E-state index contributed by atoms with van der Waals surface area (Å²) in [4.78, 5) is 0. The fourth-order valence-electron chi connectivity index (χ4n) is 2.31. The third-order valence-corrected chi connectivity index (χ3v) is 4.42. The third kappa shape index (κ3) is 2.91. The molecular weight excluding hydrogens is 285 g/mol. The fraction of sp³-hybridized carbons (Fsp3) is 0.176. The van der Waals surface area contributed by atoms with Gasteiger partial charge >= 0.3 is 0 Å². The molecule has 1 aromatic heterocycles. The van der Waals surface area contributed by atoms with Crippen molar-refractivity contribution in [2.45, 2.75) is 19.6 Å². The van der Waals surface area contributed by atoms with Crippen LogP contribution in [0.3, 0.4) is 0 Å². The van der Waals surface area contributed by atoms with Crippen molar-refractivity contribution in [3.8, 4) is 5.75 Å². The van der Waals surface area contributed by atoms with Crippen LogP contribution < -0.4 is 10.5 Å². The average molecular weight is 301 g/mol. The minimum absolute atomic E-state index is 0.269. The van der Waals surface area contributed by atoms with Gasteiger partial charge in [0.1, 0.15) is 18.2 Å². The van der Waals surface area contributed by atoms with Gasteiger partial charge in [-0.2, -0.15) is 0 Å². The Labute approximate surface area is 127 Å². The van der Waals surface area contributed by atoms with Crippen LogP contribution in [-0.2, 0) is 6.61 Å². The van der Waals surface area contributed by atoms with Crippen LogP contribution in [0.1, 0.15) is 24.1 Å². The molecule has 1 heterocycles. The van der Waals surface area contributed by atoms with Crippen molar-refractivity contribution in [1.29, 1.82) is 0 Å². The standard InChI is InChI=1S/C17H16FNOS/c1-11(19)15-8-13(18)6-7-16(15)20-9-12-10-21-17-5-3-2-4-14(12)17/h2-8,10-11H,9,19H2,1H3. The lowest BCUT2D eigenvalue weighted by molar-refractivity contribution is 0.302. The highest BCUT2D eigenvalue weighted by Gasteiger charge is 2.11. The maximum atomic E-state index is 13.3. The molecule has 4 heteroatoms. The van der Waals surface area contributed by atoms with E-state index in [4.69, 9.17) is 10.5 Å². The molecule has 1 atom stereocenters. The van der Waals surface area contributed by atoms with Crippen molar-refractivity contribution in [2.24, 2.45) is 5.73 Å². The Morgan fingerprint density at radius 1 is 1.24 bits per heavy atom. The molecule has 1 unspecified atom stereocenters. The van der Waals surface area contributed by atoms with Crippen molar-refractivity contribution < 1.29 is 9.13 Å². The maximum Gasteiger partial charge on any atom is 0.124 e. The highest BCUT2D eigenvalue weighted by Crippen LogP contribution is 2.29. The van der Waals surface area contributed by atoms with E-state index in [-0.39, 0.29) is 11.9 Å². The molecule has 108 valence electrons. The fourth-order valence-corrected chi connectivity index (χ4v) is 3.25. The van der Waals surface area contributed by atoms with Gasteiger partial charge in [0.2, 0.25) is 0 Å². The molecule has 0 fully saturated rings. The molecule has 0 radical (unpaired) electrons. The maximum absolute atomic E-state index is 13.3. The molecule has 3 aromatic rings. The molecule has 21 heavy (non-hydrogen) atoms. The van der Waals surface area contributed by atoms with Crippen LogP contribution in [-0.4, -0.2) is 0 Å². The number of fused-ring (bicyclic) bond motifs is 1. The van der Waals surface area contributed by atoms with Gasteiger partial charge in [0, 0.05) is 21.9 Å². The summed E-state index contributed by atoms with van der Waals surface area (Å²) in [7, 11) is 0. The van der Waals surface area contributed by atoms with E-state index in [2.05, 4.69) is 17.5 Å². The summed E-state index contributed by atoms with van der Waals surface area (Å²) < 4.78 is 20.4. The molecule has 0 amide bonds. The number of nitrogens with two attached hydrogens (primary N) is 1. The monoisotopic (exact) mass is 301 g/mol. The highest BCUT2D eigenvalue weighted by molar-refractivity contribution is 7.17. The summed E-state index contributed by atoms with van der Waals surface area (Å²) in [6.45, 7) is 2.27. The lowest BCUT2D eigenvalue weighted by Crippen LogP contribution is -2.08. The third-order valence-electron chi connectivity index (χ3n) is 3.41. The van der Waals surface area contributed by atoms with Crippen LogP contribution in [0.25, 0.3) is 10.1 Å². The topological polar surface area (TPSA) is 35.2 Å². The van der Waals surface area contributed by atoms with E-state index in [1.54, 1.807) is 17.4 Å². The summed E-state index contributed by atoms with van der Waals surface area (Å²) in [5, 5.41) is 3.30. The van der Waals surface area contributed by atoms with E-state index in [1.165, 1.54) is 22.2 Å². The molecule has 3 rings (SSSR count). The van der Waals surface area contributed by atoms with Crippen molar-refractivity contribution in [2.75, 3.05) is 0 Å². The van der Waals surface area contributed by atoms with Crippen LogP contribution in [0.2, 0.25) is 0 Å². The minimum Gasteiger partial charge on any atom is -0.489 e. The van der Waals surface area contributed by atoms with E-state index in [1.807, 2.05) is 19.1 Å². The normalized spacial score (nSPS) is 12.5. The summed E-state index contributed by atoms with van der Waals surface area (Å²) in [5.41, 5.74) is 7.70. The molecule has 0 aliphatic heterocycles. The lowest BCUT2D eigenvalue weighted by atomic mass is 10.1. The number of halogens is 1. The number of benzene rings is 2. The number of hydrogen-bond donors (Lipinski definition) is 1. The van der Waals surface area contributed by atoms with Crippen molar-refractivity contribution >= 4 is 21.4 Å². The Morgan fingerprint density at radius 2 is 2.05 bits per heavy atom. The zero-order valence-corrected chi connectivity index (χ0v) is 12.5. The number of thiophene rings is 1. The molecule has 0 saturated carbocycles. The van der Waals surface area contributed by atoms with Crippen LogP contribution in [0.5, 0.6) is 5.75 Å². The van der Waals surface area contributed by atoms with Gasteiger partial charge < -0.3 is 10.5 Å². The number of hydrogen-bond acceptors (Lipinski definition) is 3. The Kier molecular flexibility index (Phi) is 3.90. The summed E-state index contributed by atoms with van der Waals surface area (Å²) in [6, 6.07) is 12.4. The minimum atomic E-state index is -0.296. The van der Waals surface area contributed by atoms with Crippen LogP contribution in [0.4, 0.5) is 4.39 Å². The van der Waals surface area contributed by atoms with E-state index < -0.39 is 0 Å². The second-order valence-corrected chi connectivity index (χ2v) is 5.93. The van der Waals surface area contributed by atoms with Crippen LogP contribution >= 0.6 is 11.3 Å². The second-order valence-electron chi connectivity index (χ2n) is 5.02. The molecule has 0 spiro atoms. The quantitative estimate of drug-likeness (QED) is 0.762.